The Morgan fingerprint density at radius 2 is 1.74 bits per heavy atom. The van der Waals surface area contributed by atoms with Gasteiger partial charge >= 0.3 is 6.18 Å². The van der Waals surface area contributed by atoms with Crippen LogP contribution in [0, 0.1) is 17.3 Å². The van der Waals surface area contributed by atoms with Crippen molar-refractivity contribution in [3.63, 3.8) is 0 Å². The molecule has 192 valence electrons. The zero-order valence-corrected chi connectivity index (χ0v) is 20.7. The van der Waals surface area contributed by atoms with E-state index in [0.29, 0.717) is 16.9 Å². The Morgan fingerprint density at radius 1 is 1.06 bits per heavy atom. The van der Waals surface area contributed by atoms with Crippen LogP contribution in [0.2, 0.25) is 0 Å². The summed E-state index contributed by atoms with van der Waals surface area (Å²) in [4.78, 5) is -0.757. The normalized spacial score (nSPS) is 25.5. The first kappa shape index (κ1) is 24.7. The van der Waals surface area contributed by atoms with E-state index in [1.165, 1.54) is 38.2 Å². The van der Waals surface area contributed by atoms with E-state index in [1.807, 2.05) is 0 Å². The summed E-state index contributed by atoms with van der Waals surface area (Å²) in [6, 6.07) is 2.31. The van der Waals surface area contributed by atoms with Crippen LogP contribution in [0.3, 0.4) is 0 Å². The Labute approximate surface area is 203 Å². The number of benzene rings is 1. The Morgan fingerprint density at radius 3 is 2.31 bits per heavy atom. The van der Waals surface area contributed by atoms with E-state index in [0.717, 1.165) is 57.0 Å². The molecule has 0 radical (unpaired) electrons. The molecule has 0 amide bonds. The lowest BCUT2D eigenvalue weighted by Gasteiger charge is -2.51. The van der Waals surface area contributed by atoms with Crippen molar-refractivity contribution in [1.82, 2.24) is 25.9 Å². The molecule has 1 aliphatic heterocycles. The summed E-state index contributed by atoms with van der Waals surface area (Å²) < 4.78 is 66.6. The van der Waals surface area contributed by atoms with Gasteiger partial charge in [0.25, 0.3) is 0 Å². The lowest BCUT2D eigenvalue weighted by atomic mass is 9.55. The zero-order valence-electron chi connectivity index (χ0n) is 19.9. The number of alkyl halides is 3. The van der Waals surface area contributed by atoms with Gasteiger partial charge < -0.3 is 5.32 Å². The molecule has 0 bridgehead atoms. The number of halogens is 3. The molecule has 2 heterocycles. The Kier molecular flexibility index (Phi) is 6.44. The fourth-order valence-corrected chi connectivity index (χ4v) is 8.09. The maximum atomic E-state index is 13.8. The summed E-state index contributed by atoms with van der Waals surface area (Å²) in [7, 11) is -4.22. The molecule has 1 spiro atoms. The van der Waals surface area contributed by atoms with E-state index in [2.05, 4.69) is 25.9 Å². The van der Waals surface area contributed by atoms with Crippen LogP contribution in [0.5, 0.6) is 0 Å². The number of rotatable bonds is 5. The van der Waals surface area contributed by atoms with Crippen molar-refractivity contribution >= 4 is 9.84 Å². The van der Waals surface area contributed by atoms with Crippen molar-refractivity contribution in [1.29, 1.82) is 0 Å². The maximum absolute atomic E-state index is 13.8. The Balaban J connectivity index is 1.35. The second kappa shape index (κ2) is 9.14. The van der Waals surface area contributed by atoms with Crippen LogP contribution in [0.15, 0.2) is 17.0 Å². The molecule has 2 aromatic rings. The molecule has 35 heavy (non-hydrogen) atoms. The third kappa shape index (κ3) is 4.98. The average molecular weight is 512 g/mol. The number of hydrogen-bond donors (Lipinski definition) is 2. The number of aromatic amines is 1. The third-order valence-corrected chi connectivity index (χ3v) is 9.66. The van der Waals surface area contributed by atoms with Crippen molar-refractivity contribution < 1.29 is 21.6 Å². The first-order valence-corrected chi connectivity index (χ1v) is 14.3. The fraction of sp³-hybridized carbons (Fsp3) is 0.708. The SMILES string of the molecule is CS(=O)(=O)c1c(C(F)(F)F)ccc(C2CCC(CC3CC4(CCNCC4)C3)CC2)c1-c1nn[nH]n1. The number of aromatic nitrogens is 4. The van der Waals surface area contributed by atoms with Gasteiger partial charge in [0, 0.05) is 11.8 Å². The summed E-state index contributed by atoms with van der Waals surface area (Å²) >= 11 is 0. The van der Waals surface area contributed by atoms with Crippen LogP contribution in [-0.4, -0.2) is 48.4 Å². The van der Waals surface area contributed by atoms with Crippen molar-refractivity contribution in [2.75, 3.05) is 19.3 Å². The summed E-state index contributed by atoms with van der Waals surface area (Å²) in [5.41, 5.74) is -0.120. The topological polar surface area (TPSA) is 101 Å². The van der Waals surface area contributed by atoms with Crippen LogP contribution in [0.4, 0.5) is 13.2 Å². The highest BCUT2D eigenvalue weighted by molar-refractivity contribution is 7.91. The Bertz CT molecular complexity index is 1140. The summed E-state index contributed by atoms with van der Waals surface area (Å²) in [6.07, 6.45) is 6.04. The minimum absolute atomic E-state index is 0.0420. The molecule has 1 saturated heterocycles. The second-order valence-corrected chi connectivity index (χ2v) is 12.8. The van der Waals surface area contributed by atoms with Crippen molar-refractivity contribution in [2.24, 2.45) is 17.3 Å². The average Bonchev–Trinajstić information content (AvgIpc) is 3.32. The molecule has 0 atom stereocenters. The first-order chi connectivity index (χ1) is 16.6. The van der Waals surface area contributed by atoms with E-state index in [-0.39, 0.29) is 17.3 Å². The predicted octanol–water partition coefficient (Wildman–Crippen LogP) is 4.73. The quantitative estimate of drug-likeness (QED) is 0.602. The van der Waals surface area contributed by atoms with E-state index < -0.39 is 26.5 Å². The van der Waals surface area contributed by atoms with Gasteiger partial charge in [0.05, 0.1) is 10.5 Å². The molecule has 7 nitrogen and oxygen atoms in total. The van der Waals surface area contributed by atoms with Crippen LogP contribution in [0.1, 0.15) is 74.8 Å². The molecule has 2 saturated carbocycles. The largest absolute Gasteiger partial charge is 0.417 e. The first-order valence-electron chi connectivity index (χ1n) is 12.4. The summed E-state index contributed by atoms with van der Waals surface area (Å²) in [5, 5.41) is 16.9. The molecular formula is C24H32F3N5O2S. The molecule has 0 unspecified atom stereocenters. The van der Waals surface area contributed by atoms with E-state index in [9.17, 15) is 21.6 Å². The molecule has 11 heteroatoms. The molecule has 2 N–H and O–H groups in total. The minimum atomic E-state index is -4.82. The van der Waals surface area contributed by atoms with E-state index >= 15 is 0 Å². The highest BCUT2D eigenvalue weighted by Crippen LogP contribution is 2.55. The van der Waals surface area contributed by atoms with Gasteiger partial charge in [-0.1, -0.05) is 6.07 Å². The second-order valence-electron chi connectivity index (χ2n) is 10.9. The highest BCUT2D eigenvalue weighted by Gasteiger charge is 2.45. The molecule has 1 aromatic carbocycles. The zero-order chi connectivity index (χ0) is 24.8. The van der Waals surface area contributed by atoms with Gasteiger partial charge in [0.1, 0.15) is 0 Å². The molecule has 5 rings (SSSR count). The minimum Gasteiger partial charge on any atom is -0.317 e. The number of hydrogen-bond acceptors (Lipinski definition) is 6. The van der Waals surface area contributed by atoms with Crippen molar-refractivity contribution in [3.8, 4) is 11.4 Å². The molecular weight excluding hydrogens is 479 g/mol. The van der Waals surface area contributed by atoms with Gasteiger partial charge in [-0.2, -0.15) is 18.4 Å². The van der Waals surface area contributed by atoms with Crippen LogP contribution < -0.4 is 5.32 Å². The Hall–Kier alpha value is -2.01. The van der Waals surface area contributed by atoms with Gasteiger partial charge in [-0.3, -0.25) is 0 Å². The smallest absolute Gasteiger partial charge is 0.317 e. The van der Waals surface area contributed by atoms with Gasteiger partial charge in [-0.15, -0.1) is 10.2 Å². The van der Waals surface area contributed by atoms with Gasteiger partial charge in [0.2, 0.25) is 5.82 Å². The van der Waals surface area contributed by atoms with Crippen LogP contribution >= 0.6 is 0 Å². The number of tetrazole rings is 1. The molecule has 3 fully saturated rings. The monoisotopic (exact) mass is 511 g/mol. The van der Waals surface area contributed by atoms with Crippen molar-refractivity contribution in [3.05, 3.63) is 23.3 Å². The van der Waals surface area contributed by atoms with E-state index in [4.69, 9.17) is 0 Å². The lowest BCUT2D eigenvalue weighted by molar-refractivity contribution is -0.139. The molecule has 3 aliphatic rings. The van der Waals surface area contributed by atoms with Crippen LogP contribution in [0.25, 0.3) is 11.4 Å². The van der Waals surface area contributed by atoms with E-state index in [1.54, 1.807) is 0 Å². The summed E-state index contributed by atoms with van der Waals surface area (Å²) in [5.74, 6) is 1.25. The standard InChI is InChI=1S/C24H32F3N5O2S/c1-35(33,34)21-19(24(25,26)27)7-6-18(20(21)22-29-31-32-30-22)17-4-2-15(3-5-17)12-16-13-23(14-16)8-10-28-11-9-23/h6-7,15-17,28H,2-5,8-14H2,1H3,(H,29,30,31,32). The third-order valence-electron chi connectivity index (χ3n) is 8.50. The lowest BCUT2D eigenvalue weighted by Crippen LogP contribution is -2.45. The number of sulfone groups is 1. The number of nitrogens with zero attached hydrogens (tertiary/aromatic N) is 3. The molecule has 1 aromatic heterocycles. The number of nitrogens with one attached hydrogen (secondary N) is 2. The number of H-pyrrole nitrogens is 1. The van der Waals surface area contributed by atoms with Gasteiger partial charge in [-0.25, -0.2) is 8.42 Å². The summed E-state index contributed by atoms with van der Waals surface area (Å²) in [6.45, 7) is 2.26. The molecule has 2 aliphatic carbocycles. The fourth-order valence-electron chi connectivity index (χ4n) is 6.92. The van der Waals surface area contributed by atoms with Crippen LogP contribution in [-0.2, 0) is 16.0 Å². The van der Waals surface area contributed by atoms with Gasteiger partial charge in [-0.05, 0) is 111 Å². The maximum Gasteiger partial charge on any atom is 0.417 e. The highest BCUT2D eigenvalue weighted by atomic mass is 32.2. The number of piperidine rings is 1. The van der Waals surface area contributed by atoms with Crippen molar-refractivity contribution in [2.45, 2.75) is 74.8 Å². The van der Waals surface area contributed by atoms with Gasteiger partial charge in [0.15, 0.2) is 9.84 Å². The predicted molar refractivity (Wildman–Crippen MR) is 124 cm³/mol.